The topological polar surface area (TPSA) is 92.5 Å². The molecule has 35 heavy (non-hydrogen) atoms. The molecule has 0 amide bonds. The third-order valence-electron chi connectivity index (χ3n) is 6.28. The van der Waals surface area contributed by atoms with Crippen LogP contribution in [-0.4, -0.2) is 49.5 Å². The van der Waals surface area contributed by atoms with Crippen molar-refractivity contribution < 1.29 is 9.53 Å². The molecule has 2 heterocycles. The molecular weight excluding hydrogens is 438 g/mol. The summed E-state index contributed by atoms with van der Waals surface area (Å²) in [7, 11) is 1.76. The Balaban J connectivity index is 0.000000248. The van der Waals surface area contributed by atoms with E-state index in [9.17, 15) is 4.79 Å². The van der Waals surface area contributed by atoms with Crippen molar-refractivity contribution in [3.05, 3.63) is 41.5 Å². The Kier molecular flexibility index (Phi) is 13.0. The van der Waals surface area contributed by atoms with Crippen molar-refractivity contribution in [2.75, 3.05) is 49.7 Å². The van der Waals surface area contributed by atoms with E-state index in [2.05, 4.69) is 51.7 Å². The molecule has 7 nitrogen and oxygen atoms in total. The zero-order valence-electron chi connectivity index (χ0n) is 22.1. The van der Waals surface area contributed by atoms with E-state index in [-0.39, 0.29) is 6.54 Å². The summed E-state index contributed by atoms with van der Waals surface area (Å²) in [6.07, 6.45) is 8.58. The smallest absolute Gasteiger partial charge is 0.217 e. The summed E-state index contributed by atoms with van der Waals surface area (Å²) in [5.41, 5.74) is 10.1. The zero-order valence-corrected chi connectivity index (χ0v) is 22.1. The van der Waals surface area contributed by atoms with Crippen molar-refractivity contribution >= 4 is 23.5 Å². The van der Waals surface area contributed by atoms with Gasteiger partial charge in [0.05, 0.1) is 18.8 Å². The van der Waals surface area contributed by atoms with Gasteiger partial charge in [0.2, 0.25) is 5.88 Å². The Labute approximate surface area is 211 Å². The summed E-state index contributed by atoms with van der Waals surface area (Å²) in [5.74, 6) is 1.49. The number of aldehydes is 1. The molecule has 4 N–H and O–H groups in total. The maximum absolute atomic E-state index is 10.5. The van der Waals surface area contributed by atoms with Crippen molar-refractivity contribution in [3.63, 3.8) is 0 Å². The van der Waals surface area contributed by atoms with Gasteiger partial charge in [-0.3, -0.25) is 4.90 Å². The van der Waals surface area contributed by atoms with E-state index < -0.39 is 0 Å². The molecule has 0 radical (unpaired) electrons. The molecule has 1 aromatic heterocycles. The number of carbonyl (C=O) groups excluding carboxylic acids is 1. The Bertz CT molecular complexity index is 878. The first-order valence-corrected chi connectivity index (χ1v) is 13.2. The van der Waals surface area contributed by atoms with Crippen LogP contribution in [0.5, 0.6) is 5.88 Å². The summed E-state index contributed by atoms with van der Waals surface area (Å²) in [6.45, 7) is 10.8. The number of ether oxygens (including phenoxy) is 1. The van der Waals surface area contributed by atoms with Crippen LogP contribution >= 0.6 is 0 Å². The minimum absolute atomic E-state index is 0.222. The van der Waals surface area contributed by atoms with Gasteiger partial charge in [0.25, 0.3) is 0 Å². The average Bonchev–Trinajstić information content (AvgIpc) is 3.57. The summed E-state index contributed by atoms with van der Waals surface area (Å²) in [6, 6.07) is 10.6. The van der Waals surface area contributed by atoms with Crippen LogP contribution in [0.2, 0.25) is 0 Å². The summed E-state index contributed by atoms with van der Waals surface area (Å²) in [5, 5.41) is 5.97. The number of likely N-dealkylation sites (tertiary alicyclic amines) is 1. The Morgan fingerprint density at radius 3 is 2.49 bits per heavy atom. The van der Waals surface area contributed by atoms with Crippen molar-refractivity contribution in [1.82, 2.24) is 9.88 Å². The van der Waals surface area contributed by atoms with Crippen molar-refractivity contribution in [1.29, 1.82) is 0 Å². The van der Waals surface area contributed by atoms with Gasteiger partial charge in [0, 0.05) is 19.7 Å². The Morgan fingerprint density at radius 1 is 1.14 bits per heavy atom. The molecule has 1 saturated heterocycles. The van der Waals surface area contributed by atoms with Crippen LogP contribution in [0.4, 0.5) is 17.2 Å². The second-order valence-corrected chi connectivity index (χ2v) is 9.00. The SMILES string of the molecule is CC.CNc1c(NCC=O)cc(OCC2CCCC2)nc1N.Cc1cccc(CN2CCCC2)c1. The van der Waals surface area contributed by atoms with Crippen LogP contribution in [0.3, 0.4) is 0 Å². The highest BCUT2D eigenvalue weighted by atomic mass is 16.5. The van der Waals surface area contributed by atoms with E-state index in [0.29, 0.717) is 29.9 Å². The van der Waals surface area contributed by atoms with Crippen LogP contribution in [0.25, 0.3) is 0 Å². The molecule has 4 rings (SSSR count). The van der Waals surface area contributed by atoms with Gasteiger partial charge in [-0.25, -0.2) is 0 Å². The monoisotopic (exact) mass is 483 g/mol. The molecule has 0 spiro atoms. The number of nitrogens with zero attached hydrogens (tertiary/aromatic N) is 2. The summed E-state index contributed by atoms with van der Waals surface area (Å²) >= 11 is 0. The molecule has 7 heteroatoms. The van der Waals surface area contributed by atoms with Crippen molar-refractivity contribution in [2.24, 2.45) is 5.92 Å². The standard InChI is InChI=1S/C14H22N4O2.C12H17N.C2H6/c1-16-13-11(17-6-7-19)8-12(18-14(13)15)20-9-10-4-2-3-5-10;1-11-5-4-6-12(9-11)10-13-7-2-3-8-13;1-2/h7-8,10,16H,2-6,9H2,1H3,(H3,15,17,18);4-6,9H,2-3,7-8,10H2,1H3;1-2H3. The number of hydrogen-bond acceptors (Lipinski definition) is 7. The number of nitrogen functional groups attached to an aromatic ring is 1. The van der Waals surface area contributed by atoms with Gasteiger partial charge in [0.1, 0.15) is 12.0 Å². The molecule has 0 bridgehead atoms. The second kappa shape index (κ2) is 16.0. The first-order valence-electron chi connectivity index (χ1n) is 13.2. The Morgan fingerprint density at radius 2 is 1.86 bits per heavy atom. The number of rotatable bonds is 9. The van der Waals surface area contributed by atoms with E-state index >= 15 is 0 Å². The fourth-order valence-electron chi connectivity index (χ4n) is 4.56. The quantitative estimate of drug-likeness (QED) is 0.405. The van der Waals surface area contributed by atoms with Crippen LogP contribution < -0.4 is 21.1 Å². The lowest BCUT2D eigenvalue weighted by Crippen LogP contribution is -2.18. The van der Waals surface area contributed by atoms with Crippen molar-refractivity contribution in [3.8, 4) is 5.88 Å². The fourth-order valence-corrected chi connectivity index (χ4v) is 4.56. The molecule has 0 unspecified atom stereocenters. The highest BCUT2D eigenvalue weighted by Crippen LogP contribution is 2.31. The molecule has 2 fully saturated rings. The highest BCUT2D eigenvalue weighted by Gasteiger charge is 2.17. The van der Waals surface area contributed by atoms with Gasteiger partial charge in [-0.15, -0.1) is 0 Å². The number of carbonyl (C=O) groups is 1. The van der Waals surface area contributed by atoms with Crippen molar-refractivity contribution in [2.45, 2.75) is 65.8 Å². The van der Waals surface area contributed by atoms with Gasteiger partial charge < -0.3 is 25.9 Å². The summed E-state index contributed by atoms with van der Waals surface area (Å²) < 4.78 is 5.74. The molecule has 194 valence electrons. The van der Waals surface area contributed by atoms with Gasteiger partial charge in [-0.2, -0.15) is 4.98 Å². The number of benzene rings is 1. The summed E-state index contributed by atoms with van der Waals surface area (Å²) in [4.78, 5) is 17.3. The predicted octanol–water partition coefficient (Wildman–Crippen LogP) is 5.50. The minimum Gasteiger partial charge on any atom is -0.477 e. The lowest BCUT2D eigenvalue weighted by molar-refractivity contribution is -0.106. The third kappa shape index (κ3) is 9.76. The van der Waals surface area contributed by atoms with Crippen LogP contribution in [0, 0.1) is 12.8 Å². The Hall–Kier alpha value is -2.80. The third-order valence-corrected chi connectivity index (χ3v) is 6.28. The number of nitrogens with one attached hydrogen (secondary N) is 2. The highest BCUT2D eigenvalue weighted by molar-refractivity contribution is 5.80. The van der Waals surface area contributed by atoms with Gasteiger partial charge in [-0.05, 0) is 57.2 Å². The van der Waals surface area contributed by atoms with Crippen LogP contribution in [0.15, 0.2) is 30.3 Å². The number of anilines is 3. The molecule has 1 aliphatic carbocycles. The maximum atomic E-state index is 10.5. The van der Waals surface area contributed by atoms with Gasteiger partial charge in [-0.1, -0.05) is 56.5 Å². The molecule has 2 aromatic rings. The first kappa shape index (κ1) is 28.4. The zero-order chi connectivity index (χ0) is 25.5. The largest absolute Gasteiger partial charge is 0.477 e. The van der Waals surface area contributed by atoms with E-state index in [1.54, 1.807) is 13.1 Å². The molecule has 2 aliphatic rings. The minimum atomic E-state index is 0.222. The lowest BCUT2D eigenvalue weighted by Gasteiger charge is -2.16. The average molecular weight is 484 g/mol. The number of pyridine rings is 1. The lowest BCUT2D eigenvalue weighted by atomic mass is 10.1. The van der Waals surface area contributed by atoms with Crippen LogP contribution in [0.1, 0.15) is 63.5 Å². The van der Waals surface area contributed by atoms with Gasteiger partial charge >= 0.3 is 0 Å². The number of nitrogens with two attached hydrogens (primary N) is 1. The number of aromatic nitrogens is 1. The van der Waals surface area contributed by atoms with Gasteiger partial charge in [0.15, 0.2) is 5.82 Å². The molecular formula is C28H45N5O2. The fraction of sp³-hybridized carbons (Fsp3) is 0.571. The first-order chi connectivity index (χ1) is 17.1. The van der Waals surface area contributed by atoms with E-state index in [4.69, 9.17) is 10.5 Å². The second-order valence-electron chi connectivity index (χ2n) is 9.00. The normalized spacial score (nSPS) is 15.4. The van der Waals surface area contributed by atoms with E-state index in [0.717, 1.165) is 18.5 Å². The molecule has 0 atom stereocenters. The number of aryl methyl sites for hydroxylation is 1. The van der Waals surface area contributed by atoms with E-state index in [1.807, 2.05) is 13.8 Å². The number of hydrogen-bond donors (Lipinski definition) is 3. The molecule has 1 aromatic carbocycles. The predicted molar refractivity (Wildman–Crippen MR) is 147 cm³/mol. The van der Waals surface area contributed by atoms with Crippen LogP contribution in [-0.2, 0) is 11.3 Å². The van der Waals surface area contributed by atoms with E-state index in [1.165, 1.54) is 62.7 Å². The molecule has 1 saturated carbocycles. The molecule has 1 aliphatic heterocycles. The maximum Gasteiger partial charge on any atom is 0.217 e.